The highest BCUT2D eigenvalue weighted by molar-refractivity contribution is 8.03. The molecule has 40 valence electrons. The molecule has 0 bridgehead atoms. The lowest BCUT2D eigenvalue weighted by Crippen LogP contribution is -2.31. The van der Waals surface area contributed by atoms with Gasteiger partial charge in [-0.1, -0.05) is 17.8 Å². The van der Waals surface area contributed by atoms with Crippen molar-refractivity contribution in [1.29, 1.82) is 0 Å². The van der Waals surface area contributed by atoms with Crippen LogP contribution >= 0.6 is 11.8 Å². The van der Waals surface area contributed by atoms with Gasteiger partial charge in [-0.05, 0) is 5.41 Å². The molecule has 0 aromatic heterocycles. The lowest BCUT2D eigenvalue weighted by atomic mass is 10.4. The van der Waals surface area contributed by atoms with E-state index >= 15 is 0 Å². The monoisotopic (exact) mass is 117 g/mol. The summed E-state index contributed by atoms with van der Waals surface area (Å²) in [6, 6.07) is 0. The molecule has 0 amide bonds. The zero-order chi connectivity index (χ0) is 5.33. The second-order valence-corrected chi connectivity index (χ2v) is 2.75. The Balaban J connectivity index is 2.49. The molecule has 0 spiro atoms. The minimum absolute atomic E-state index is 0.567. The molecule has 3 heteroatoms. The summed E-state index contributed by atoms with van der Waals surface area (Å²) in [6.07, 6.45) is 2.42. The highest BCUT2D eigenvalue weighted by atomic mass is 32.2. The topological polar surface area (TPSA) is 46.2 Å². The van der Waals surface area contributed by atoms with E-state index in [1.54, 1.807) is 5.41 Å². The first-order valence-corrected chi connectivity index (χ1v) is 2.93. The summed E-state index contributed by atoms with van der Waals surface area (Å²) in [7, 11) is 0. The van der Waals surface area contributed by atoms with Crippen LogP contribution in [0.25, 0.3) is 0 Å². The van der Waals surface area contributed by atoms with Gasteiger partial charge in [0.2, 0.25) is 0 Å². The van der Waals surface area contributed by atoms with Gasteiger partial charge in [0, 0.05) is 6.42 Å². The molecule has 0 saturated heterocycles. The predicted molar refractivity (Wildman–Crippen MR) is 30.5 cm³/mol. The molecule has 1 aliphatic rings. The third-order valence-electron chi connectivity index (χ3n) is 0.779. The molecule has 7 heavy (non-hydrogen) atoms. The first-order valence-electron chi connectivity index (χ1n) is 2.05. The molecular weight excluding hydrogens is 110 g/mol. The van der Waals surface area contributed by atoms with E-state index in [1.165, 1.54) is 11.8 Å². The molecule has 2 nitrogen and oxygen atoms in total. The Labute approximate surface area is 46.4 Å². The second-order valence-electron chi connectivity index (χ2n) is 1.54. The van der Waals surface area contributed by atoms with Gasteiger partial charge in [-0.25, -0.2) is 0 Å². The number of nitrogens with two attached hydrogens (primary N) is 1. The standard InChI is InChI=1S/C4H7NOS/c5-4(6)2-1-3-7-4/h1,3,6H,2,5H2. The van der Waals surface area contributed by atoms with E-state index in [0.717, 1.165) is 0 Å². The Morgan fingerprint density at radius 2 is 2.57 bits per heavy atom. The van der Waals surface area contributed by atoms with E-state index in [2.05, 4.69) is 0 Å². The number of hydrogen-bond donors (Lipinski definition) is 2. The van der Waals surface area contributed by atoms with E-state index < -0.39 is 5.06 Å². The largest absolute Gasteiger partial charge is 0.366 e. The highest BCUT2D eigenvalue weighted by Crippen LogP contribution is 2.27. The summed E-state index contributed by atoms with van der Waals surface area (Å²) in [6.45, 7) is 0. The zero-order valence-electron chi connectivity index (χ0n) is 3.79. The van der Waals surface area contributed by atoms with E-state index in [9.17, 15) is 0 Å². The molecule has 1 atom stereocenters. The number of aliphatic hydroxyl groups is 1. The van der Waals surface area contributed by atoms with Crippen molar-refractivity contribution in [2.24, 2.45) is 5.73 Å². The van der Waals surface area contributed by atoms with Crippen molar-refractivity contribution >= 4 is 11.8 Å². The number of thioether (sulfide) groups is 1. The summed E-state index contributed by atoms with van der Waals surface area (Å²) in [5.74, 6) is 0. The van der Waals surface area contributed by atoms with Crippen molar-refractivity contribution in [3.63, 3.8) is 0 Å². The Kier molecular flexibility index (Phi) is 1.11. The fraction of sp³-hybridized carbons (Fsp3) is 0.500. The molecule has 0 aliphatic carbocycles. The van der Waals surface area contributed by atoms with Crippen LogP contribution in [0.1, 0.15) is 6.42 Å². The van der Waals surface area contributed by atoms with Crippen LogP contribution in [0.2, 0.25) is 0 Å². The molecule has 1 aliphatic heterocycles. The Hall–Kier alpha value is 0.01000. The van der Waals surface area contributed by atoms with Crippen molar-refractivity contribution in [2.75, 3.05) is 0 Å². The third kappa shape index (κ3) is 1.19. The molecule has 0 radical (unpaired) electrons. The molecule has 0 fully saturated rings. The molecule has 0 aromatic carbocycles. The molecule has 1 unspecified atom stereocenters. The fourth-order valence-corrected chi connectivity index (χ4v) is 1.05. The van der Waals surface area contributed by atoms with Crippen molar-refractivity contribution in [3.05, 3.63) is 11.5 Å². The van der Waals surface area contributed by atoms with Gasteiger partial charge in [-0.2, -0.15) is 0 Å². The average molecular weight is 117 g/mol. The second kappa shape index (κ2) is 1.51. The van der Waals surface area contributed by atoms with Crippen molar-refractivity contribution < 1.29 is 5.11 Å². The van der Waals surface area contributed by atoms with Gasteiger partial charge in [0.1, 0.15) is 0 Å². The van der Waals surface area contributed by atoms with E-state index in [4.69, 9.17) is 10.8 Å². The first-order chi connectivity index (χ1) is 3.21. The quantitative estimate of drug-likeness (QED) is 0.447. The third-order valence-corrected chi connectivity index (χ3v) is 1.68. The minimum atomic E-state index is -1.00. The minimum Gasteiger partial charge on any atom is -0.366 e. The molecule has 1 rings (SSSR count). The lowest BCUT2D eigenvalue weighted by molar-refractivity contribution is 0.152. The van der Waals surface area contributed by atoms with Crippen molar-refractivity contribution in [2.45, 2.75) is 11.5 Å². The molecule has 0 saturated carbocycles. The summed E-state index contributed by atoms with van der Waals surface area (Å²) in [4.78, 5) is 0. The van der Waals surface area contributed by atoms with E-state index in [-0.39, 0.29) is 0 Å². The van der Waals surface area contributed by atoms with Gasteiger partial charge >= 0.3 is 0 Å². The van der Waals surface area contributed by atoms with Gasteiger partial charge in [0.25, 0.3) is 0 Å². The average Bonchev–Trinajstić information content (AvgIpc) is 1.84. The summed E-state index contributed by atoms with van der Waals surface area (Å²) in [5.41, 5.74) is 5.23. The first kappa shape index (κ1) is 5.15. The maximum atomic E-state index is 8.87. The van der Waals surface area contributed by atoms with Crippen molar-refractivity contribution in [3.8, 4) is 0 Å². The van der Waals surface area contributed by atoms with Gasteiger partial charge in [-0.15, -0.1) is 0 Å². The normalized spacial score (nSPS) is 39.7. The summed E-state index contributed by atoms with van der Waals surface area (Å²) >= 11 is 1.25. The van der Waals surface area contributed by atoms with E-state index in [0.29, 0.717) is 6.42 Å². The van der Waals surface area contributed by atoms with E-state index in [1.807, 2.05) is 6.08 Å². The van der Waals surface area contributed by atoms with Gasteiger partial charge in [0.15, 0.2) is 5.06 Å². The fourth-order valence-electron chi connectivity index (χ4n) is 0.431. The van der Waals surface area contributed by atoms with Crippen LogP contribution in [-0.4, -0.2) is 10.2 Å². The lowest BCUT2D eigenvalue weighted by Gasteiger charge is -2.11. The van der Waals surface area contributed by atoms with Gasteiger partial charge in [0.05, 0.1) is 0 Å². The van der Waals surface area contributed by atoms with Crippen LogP contribution in [0.4, 0.5) is 0 Å². The van der Waals surface area contributed by atoms with Crippen LogP contribution in [0.15, 0.2) is 11.5 Å². The van der Waals surface area contributed by atoms with Crippen LogP contribution in [0, 0.1) is 0 Å². The molecule has 0 aromatic rings. The maximum Gasteiger partial charge on any atom is 0.169 e. The van der Waals surface area contributed by atoms with Crippen LogP contribution in [-0.2, 0) is 0 Å². The number of hydrogen-bond acceptors (Lipinski definition) is 3. The SMILES string of the molecule is NC1(O)CC=CS1. The Bertz CT molecular complexity index is 89.9. The Morgan fingerprint density at radius 3 is 2.71 bits per heavy atom. The van der Waals surface area contributed by atoms with Crippen LogP contribution < -0.4 is 5.73 Å². The summed E-state index contributed by atoms with van der Waals surface area (Å²) in [5, 5.41) is 9.68. The predicted octanol–water partition coefficient (Wildman–Crippen LogP) is 0.242. The Morgan fingerprint density at radius 1 is 1.86 bits per heavy atom. The van der Waals surface area contributed by atoms with Crippen LogP contribution in [0.3, 0.4) is 0 Å². The summed E-state index contributed by atoms with van der Waals surface area (Å²) < 4.78 is 0. The van der Waals surface area contributed by atoms with Crippen molar-refractivity contribution in [1.82, 2.24) is 0 Å². The molecule has 3 N–H and O–H groups in total. The number of rotatable bonds is 0. The molecule has 1 heterocycles. The highest BCUT2D eigenvalue weighted by Gasteiger charge is 2.21. The zero-order valence-corrected chi connectivity index (χ0v) is 4.61. The van der Waals surface area contributed by atoms with Gasteiger partial charge < -0.3 is 5.11 Å². The maximum absolute atomic E-state index is 8.87. The van der Waals surface area contributed by atoms with Gasteiger partial charge in [-0.3, -0.25) is 5.73 Å². The molecular formula is C4H7NOS. The van der Waals surface area contributed by atoms with Crippen LogP contribution in [0.5, 0.6) is 0 Å². The smallest absolute Gasteiger partial charge is 0.169 e.